The van der Waals surface area contributed by atoms with Crippen molar-refractivity contribution in [3.8, 4) is 11.5 Å². The molecule has 1 N–H and O–H groups in total. The highest BCUT2D eigenvalue weighted by Crippen LogP contribution is 2.34. The first-order valence-electron chi connectivity index (χ1n) is 14.6. The summed E-state index contributed by atoms with van der Waals surface area (Å²) in [5, 5.41) is 3.12. The van der Waals surface area contributed by atoms with Crippen molar-refractivity contribution in [3.63, 3.8) is 0 Å². The van der Waals surface area contributed by atoms with E-state index < -0.39 is 28.5 Å². The third-order valence-electron chi connectivity index (χ3n) is 7.82. The zero-order valence-corrected chi connectivity index (χ0v) is 26.1. The van der Waals surface area contributed by atoms with Crippen LogP contribution < -0.4 is 19.1 Å². The predicted octanol–water partition coefficient (Wildman–Crippen LogP) is 5.07. The van der Waals surface area contributed by atoms with Crippen LogP contribution in [-0.4, -0.2) is 58.0 Å². The molecule has 0 bridgehead atoms. The van der Waals surface area contributed by atoms with Crippen molar-refractivity contribution in [1.29, 1.82) is 0 Å². The lowest BCUT2D eigenvalue weighted by Crippen LogP contribution is -2.53. The molecule has 1 saturated carbocycles. The number of aryl methyl sites for hydroxylation is 1. The molecule has 2 amide bonds. The van der Waals surface area contributed by atoms with Gasteiger partial charge in [-0.2, -0.15) is 0 Å². The number of amides is 2. The summed E-state index contributed by atoms with van der Waals surface area (Å²) in [6, 6.07) is 19.6. The molecule has 0 aliphatic heterocycles. The largest absolute Gasteiger partial charge is 0.493 e. The van der Waals surface area contributed by atoms with Crippen molar-refractivity contribution < 1.29 is 27.5 Å². The molecule has 1 aliphatic rings. The Hall–Kier alpha value is -4.05. The molecule has 4 rings (SSSR count). The van der Waals surface area contributed by atoms with Crippen molar-refractivity contribution >= 4 is 27.5 Å². The van der Waals surface area contributed by atoms with Crippen LogP contribution in [0, 0.1) is 6.92 Å². The molecule has 1 unspecified atom stereocenters. The van der Waals surface area contributed by atoms with Crippen molar-refractivity contribution in [2.45, 2.75) is 69.5 Å². The fraction of sp³-hybridized carbons (Fsp3) is 0.394. The molecule has 1 fully saturated rings. The number of carbonyl (C=O) groups is 2. The van der Waals surface area contributed by atoms with Crippen LogP contribution in [0.5, 0.6) is 11.5 Å². The number of ether oxygens (including phenoxy) is 2. The minimum absolute atomic E-state index is 0.0332. The van der Waals surface area contributed by atoms with Crippen LogP contribution in [0.25, 0.3) is 0 Å². The molecule has 3 aromatic carbocycles. The second kappa shape index (κ2) is 14.4. The van der Waals surface area contributed by atoms with Gasteiger partial charge in [0.25, 0.3) is 10.0 Å². The molecule has 0 radical (unpaired) electrons. The van der Waals surface area contributed by atoms with E-state index in [9.17, 15) is 18.0 Å². The van der Waals surface area contributed by atoms with Crippen molar-refractivity contribution in [2.75, 3.05) is 25.1 Å². The standard InChI is InChI=1S/C33H41N3O6S/c1-24-12-11-13-26(20-24)22-35(25(2)33(38)34-27-14-7-5-8-15-27)32(37)23-36(43(39,40)29-16-9-6-10-17-29)28-18-19-30(41-3)31(21-28)42-4/h6,9-13,16-21,25,27H,5,7-8,14-15,22-23H2,1-4H3,(H,34,38). The molecular weight excluding hydrogens is 566 g/mol. The van der Waals surface area contributed by atoms with Gasteiger partial charge >= 0.3 is 0 Å². The van der Waals surface area contributed by atoms with Gasteiger partial charge in [-0.05, 0) is 56.5 Å². The SMILES string of the molecule is COc1ccc(N(CC(=O)N(Cc2cccc(C)c2)C(C)C(=O)NC2CCCCC2)S(=O)(=O)c2ccccc2)cc1OC. The Morgan fingerprint density at radius 1 is 0.907 bits per heavy atom. The Labute approximate surface area is 254 Å². The Balaban J connectivity index is 1.71. The van der Waals surface area contributed by atoms with Crippen molar-refractivity contribution in [3.05, 3.63) is 83.9 Å². The summed E-state index contributed by atoms with van der Waals surface area (Å²) in [7, 11) is -1.24. The number of nitrogens with zero attached hydrogens (tertiary/aromatic N) is 2. The number of methoxy groups -OCH3 is 2. The highest BCUT2D eigenvalue weighted by Gasteiger charge is 2.33. The smallest absolute Gasteiger partial charge is 0.264 e. The van der Waals surface area contributed by atoms with Crippen LogP contribution in [0.3, 0.4) is 0 Å². The molecule has 0 aromatic heterocycles. The molecule has 1 aliphatic carbocycles. The van der Waals surface area contributed by atoms with Crippen LogP contribution in [0.2, 0.25) is 0 Å². The number of hydrogen-bond donors (Lipinski definition) is 1. The van der Waals surface area contributed by atoms with E-state index in [2.05, 4.69) is 5.32 Å². The fourth-order valence-corrected chi connectivity index (χ4v) is 6.81. The monoisotopic (exact) mass is 607 g/mol. The van der Waals surface area contributed by atoms with Gasteiger partial charge in [0.15, 0.2) is 11.5 Å². The maximum Gasteiger partial charge on any atom is 0.264 e. The van der Waals surface area contributed by atoms with Crippen LogP contribution >= 0.6 is 0 Å². The number of carbonyl (C=O) groups excluding carboxylic acids is 2. The number of hydrogen-bond acceptors (Lipinski definition) is 6. The van der Waals surface area contributed by atoms with Gasteiger partial charge in [0.2, 0.25) is 11.8 Å². The zero-order valence-electron chi connectivity index (χ0n) is 25.3. The van der Waals surface area contributed by atoms with E-state index in [0.717, 1.165) is 47.5 Å². The van der Waals surface area contributed by atoms with Crippen molar-refractivity contribution in [1.82, 2.24) is 10.2 Å². The Bertz CT molecular complexity index is 1510. The first-order valence-corrected chi connectivity index (χ1v) is 16.0. The van der Waals surface area contributed by atoms with Crippen LogP contribution in [0.4, 0.5) is 5.69 Å². The minimum Gasteiger partial charge on any atom is -0.493 e. The third kappa shape index (κ3) is 7.87. The predicted molar refractivity (Wildman–Crippen MR) is 167 cm³/mol. The fourth-order valence-electron chi connectivity index (χ4n) is 5.39. The van der Waals surface area contributed by atoms with Gasteiger partial charge in [-0.25, -0.2) is 8.42 Å². The topological polar surface area (TPSA) is 105 Å². The van der Waals surface area contributed by atoms with E-state index in [-0.39, 0.29) is 29.1 Å². The number of sulfonamides is 1. The summed E-state index contributed by atoms with van der Waals surface area (Å²) < 4.78 is 39.9. The van der Waals surface area contributed by atoms with Crippen LogP contribution in [0.1, 0.15) is 50.2 Å². The molecule has 3 aromatic rings. The van der Waals surface area contributed by atoms with Crippen LogP contribution in [-0.2, 0) is 26.2 Å². The minimum atomic E-state index is -4.19. The summed E-state index contributed by atoms with van der Waals surface area (Å²) in [6.45, 7) is 3.27. The van der Waals surface area contributed by atoms with E-state index >= 15 is 0 Å². The normalized spacial score (nSPS) is 14.4. The Morgan fingerprint density at radius 2 is 1.60 bits per heavy atom. The molecule has 0 saturated heterocycles. The molecule has 1 atom stereocenters. The molecule has 9 nitrogen and oxygen atoms in total. The zero-order chi connectivity index (χ0) is 31.0. The van der Waals surface area contributed by atoms with Gasteiger partial charge in [-0.3, -0.25) is 13.9 Å². The quantitative estimate of drug-likeness (QED) is 0.308. The van der Waals surface area contributed by atoms with Gasteiger partial charge < -0.3 is 19.7 Å². The Kier molecular flexibility index (Phi) is 10.7. The molecule has 230 valence electrons. The lowest BCUT2D eigenvalue weighted by atomic mass is 9.95. The number of rotatable bonds is 12. The lowest BCUT2D eigenvalue weighted by molar-refractivity contribution is -0.139. The van der Waals surface area contributed by atoms with Gasteiger partial charge in [-0.1, -0.05) is 67.3 Å². The van der Waals surface area contributed by atoms with Crippen molar-refractivity contribution in [2.24, 2.45) is 0 Å². The number of nitrogens with one attached hydrogen (secondary N) is 1. The van der Waals surface area contributed by atoms with E-state index in [1.807, 2.05) is 31.2 Å². The van der Waals surface area contributed by atoms with E-state index in [1.54, 1.807) is 37.3 Å². The highest BCUT2D eigenvalue weighted by molar-refractivity contribution is 7.92. The second-order valence-corrected chi connectivity index (χ2v) is 12.8. The first-order chi connectivity index (χ1) is 20.6. The van der Waals surface area contributed by atoms with E-state index in [1.165, 1.54) is 37.3 Å². The molecule has 0 heterocycles. The third-order valence-corrected chi connectivity index (χ3v) is 9.61. The van der Waals surface area contributed by atoms with Gasteiger partial charge in [0, 0.05) is 18.7 Å². The van der Waals surface area contributed by atoms with Gasteiger partial charge in [0.1, 0.15) is 12.6 Å². The Morgan fingerprint density at radius 3 is 2.26 bits per heavy atom. The maximum absolute atomic E-state index is 14.2. The first kappa shape index (κ1) is 31.9. The summed E-state index contributed by atoms with van der Waals surface area (Å²) in [6.07, 6.45) is 5.09. The summed E-state index contributed by atoms with van der Waals surface area (Å²) in [5.74, 6) is -0.0279. The average molecular weight is 608 g/mol. The molecular formula is C33H41N3O6S. The number of anilines is 1. The van der Waals surface area contributed by atoms with E-state index in [4.69, 9.17) is 9.47 Å². The molecule has 43 heavy (non-hydrogen) atoms. The van der Waals surface area contributed by atoms with E-state index in [0.29, 0.717) is 11.5 Å². The molecule has 10 heteroatoms. The van der Waals surface area contributed by atoms with Gasteiger partial charge in [0.05, 0.1) is 24.8 Å². The lowest BCUT2D eigenvalue weighted by Gasteiger charge is -2.33. The summed E-state index contributed by atoms with van der Waals surface area (Å²) >= 11 is 0. The maximum atomic E-state index is 14.2. The summed E-state index contributed by atoms with van der Waals surface area (Å²) in [5.41, 5.74) is 2.08. The van der Waals surface area contributed by atoms with Crippen LogP contribution in [0.15, 0.2) is 77.7 Å². The summed E-state index contributed by atoms with van der Waals surface area (Å²) in [4.78, 5) is 29.2. The number of benzene rings is 3. The average Bonchev–Trinajstić information content (AvgIpc) is 3.02. The molecule has 0 spiro atoms. The second-order valence-electron chi connectivity index (χ2n) is 10.9. The highest BCUT2D eigenvalue weighted by atomic mass is 32.2. The van der Waals surface area contributed by atoms with Gasteiger partial charge in [-0.15, -0.1) is 0 Å².